The van der Waals surface area contributed by atoms with Crippen LogP contribution in [0.1, 0.15) is 58.8 Å². The van der Waals surface area contributed by atoms with Gasteiger partial charge in [-0.05, 0) is 39.2 Å². The molecular weight excluding hydrogens is 198 g/mol. The van der Waals surface area contributed by atoms with Gasteiger partial charge in [0.2, 0.25) is 0 Å². The second-order valence-electron chi connectivity index (χ2n) is 5.48. The van der Waals surface area contributed by atoms with E-state index in [0.29, 0.717) is 11.5 Å². The molecule has 0 aliphatic heterocycles. The zero-order valence-electron chi connectivity index (χ0n) is 10.9. The molecule has 1 spiro atoms. The topological polar surface area (TPSA) is 21.3 Å². The highest BCUT2D eigenvalue weighted by molar-refractivity contribution is 5.08. The van der Waals surface area contributed by atoms with Gasteiger partial charge in [0.15, 0.2) is 0 Å². The molecule has 2 fully saturated rings. The van der Waals surface area contributed by atoms with Crippen molar-refractivity contribution in [2.75, 3.05) is 13.2 Å². The van der Waals surface area contributed by atoms with E-state index in [-0.39, 0.29) is 0 Å². The molecule has 16 heavy (non-hydrogen) atoms. The number of hydrogen-bond donors (Lipinski definition) is 1. The molecule has 0 aromatic carbocycles. The molecule has 2 rings (SSSR count). The van der Waals surface area contributed by atoms with Crippen LogP contribution in [0.25, 0.3) is 0 Å². The Bertz CT molecular complexity index is 211. The van der Waals surface area contributed by atoms with Gasteiger partial charge in [-0.1, -0.05) is 26.2 Å². The Morgan fingerprint density at radius 3 is 2.56 bits per heavy atom. The molecule has 0 bridgehead atoms. The SMILES string of the molecule is CCCNC1CC(OCC)C12CCCCC2. The van der Waals surface area contributed by atoms with Crippen molar-refractivity contribution in [3.05, 3.63) is 0 Å². The van der Waals surface area contributed by atoms with E-state index in [2.05, 4.69) is 19.2 Å². The van der Waals surface area contributed by atoms with Crippen LogP contribution >= 0.6 is 0 Å². The summed E-state index contributed by atoms with van der Waals surface area (Å²) in [6, 6.07) is 0.740. The highest BCUT2D eigenvalue weighted by Crippen LogP contribution is 2.53. The average molecular weight is 225 g/mol. The van der Waals surface area contributed by atoms with Crippen molar-refractivity contribution in [2.24, 2.45) is 5.41 Å². The maximum atomic E-state index is 5.94. The molecule has 1 N–H and O–H groups in total. The van der Waals surface area contributed by atoms with Crippen LogP contribution in [0.4, 0.5) is 0 Å². The Morgan fingerprint density at radius 2 is 1.94 bits per heavy atom. The monoisotopic (exact) mass is 225 g/mol. The van der Waals surface area contributed by atoms with Crippen molar-refractivity contribution in [3.8, 4) is 0 Å². The van der Waals surface area contributed by atoms with E-state index >= 15 is 0 Å². The van der Waals surface area contributed by atoms with E-state index in [1.165, 1.54) is 51.5 Å². The molecule has 2 atom stereocenters. The van der Waals surface area contributed by atoms with E-state index in [0.717, 1.165) is 12.6 Å². The lowest BCUT2D eigenvalue weighted by Crippen LogP contribution is -2.64. The van der Waals surface area contributed by atoms with Crippen LogP contribution in [0, 0.1) is 5.41 Å². The summed E-state index contributed by atoms with van der Waals surface area (Å²) < 4.78 is 5.94. The standard InChI is InChI=1S/C14H27NO/c1-3-10-15-12-11-13(16-4-2)14(12)8-6-5-7-9-14/h12-13,15H,3-11H2,1-2H3. The number of hydrogen-bond acceptors (Lipinski definition) is 2. The van der Waals surface area contributed by atoms with E-state index in [4.69, 9.17) is 4.74 Å². The van der Waals surface area contributed by atoms with Crippen LogP contribution in [-0.2, 0) is 4.74 Å². The predicted molar refractivity (Wildman–Crippen MR) is 67.6 cm³/mol. The molecule has 2 aliphatic rings. The molecule has 0 amide bonds. The van der Waals surface area contributed by atoms with Gasteiger partial charge in [-0.3, -0.25) is 0 Å². The molecule has 0 aromatic heterocycles. The highest BCUT2D eigenvalue weighted by Gasteiger charge is 2.55. The van der Waals surface area contributed by atoms with Gasteiger partial charge >= 0.3 is 0 Å². The van der Waals surface area contributed by atoms with E-state index < -0.39 is 0 Å². The predicted octanol–water partition coefficient (Wildman–Crippen LogP) is 3.11. The minimum absolute atomic E-state index is 0.503. The maximum absolute atomic E-state index is 5.94. The fourth-order valence-electron chi connectivity index (χ4n) is 3.67. The van der Waals surface area contributed by atoms with Crippen LogP contribution in [0.2, 0.25) is 0 Å². The van der Waals surface area contributed by atoms with Gasteiger partial charge in [0.1, 0.15) is 0 Å². The van der Waals surface area contributed by atoms with Crippen LogP contribution in [0.15, 0.2) is 0 Å². The van der Waals surface area contributed by atoms with Crippen molar-refractivity contribution >= 4 is 0 Å². The minimum atomic E-state index is 0.503. The van der Waals surface area contributed by atoms with Crippen LogP contribution < -0.4 is 5.32 Å². The molecular formula is C14H27NO. The highest BCUT2D eigenvalue weighted by atomic mass is 16.5. The molecule has 0 heterocycles. The quantitative estimate of drug-likeness (QED) is 0.776. The van der Waals surface area contributed by atoms with E-state index in [9.17, 15) is 0 Å². The summed E-state index contributed by atoms with van der Waals surface area (Å²) in [7, 11) is 0. The van der Waals surface area contributed by atoms with Crippen molar-refractivity contribution in [2.45, 2.75) is 70.9 Å². The molecule has 0 saturated heterocycles. The molecule has 0 aromatic rings. The third-order valence-corrected chi connectivity index (χ3v) is 4.58. The smallest absolute Gasteiger partial charge is 0.0661 e. The summed E-state index contributed by atoms with van der Waals surface area (Å²) >= 11 is 0. The third-order valence-electron chi connectivity index (χ3n) is 4.58. The van der Waals surface area contributed by atoms with Crippen LogP contribution in [0.5, 0.6) is 0 Å². The normalized spacial score (nSPS) is 32.6. The summed E-state index contributed by atoms with van der Waals surface area (Å²) in [6.45, 7) is 6.43. The molecule has 2 unspecified atom stereocenters. The van der Waals surface area contributed by atoms with Crippen molar-refractivity contribution < 1.29 is 4.74 Å². The molecule has 94 valence electrons. The van der Waals surface area contributed by atoms with Gasteiger partial charge in [-0.25, -0.2) is 0 Å². The van der Waals surface area contributed by atoms with Gasteiger partial charge in [-0.15, -0.1) is 0 Å². The third kappa shape index (κ3) is 2.14. The Hall–Kier alpha value is -0.0800. The molecule has 2 nitrogen and oxygen atoms in total. The lowest BCUT2D eigenvalue weighted by molar-refractivity contribution is -0.149. The van der Waals surface area contributed by atoms with Gasteiger partial charge in [0, 0.05) is 18.1 Å². The second kappa shape index (κ2) is 5.50. The maximum Gasteiger partial charge on any atom is 0.0661 e. The molecule has 2 heteroatoms. The van der Waals surface area contributed by atoms with Gasteiger partial charge in [0.05, 0.1) is 6.10 Å². The lowest BCUT2D eigenvalue weighted by atomic mass is 9.55. The van der Waals surface area contributed by atoms with Crippen LogP contribution in [0.3, 0.4) is 0 Å². The summed E-state index contributed by atoms with van der Waals surface area (Å²) in [5, 5.41) is 3.74. The average Bonchev–Trinajstić information content (AvgIpc) is 2.34. The van der Waals surface area contributed by atoms with Crippen molar-refractivity contribution in [1.29, 1.82) is 0 Å². The summed E-state index contributed by atoms with van der Waals surface area (Å²) in [4.78, 5) is 0. The van der Waals surface area contributed by atoms with Crippen LogP contribution in [-0.4, -0.2) is 25.3 Å². The minimum Gasteiger partial charge on any atom is -0.378 e. The Balaban J connectivity index is 1.94. The first-order valence-electron chi connectivity index (χ1n) is 7.18. The van der Waals surface area contributed by atoms with E-state index in [1.807, 2.05) is 0 Å². The fourth-order valence-corrected chi connectivity index (χ4v) is 3.67. The first-order valence-corrected chi connectivity index (χ1v) is 7.18. The molecule has 0 radical (unpaired) electrons. The first-order chi connectivity index (χ1) is 7.83. The second-order valence-corrected chi connectivity index (χ2v) is 5.48. The lowest BCUT2D eigenvalue weighted by Gasteiger charge is -2.58. The van der Waals surface area contributed by atoms with Gasteiger partial charge < -0.3 is 10.1 Å². The number of ether oxygens (including phenoxy) is 1. The zero-order chi connectivity index (χ0) is 11.4. The molecule has 2 aliphatic carbocycles. The van der Waals surface area contributed by atoms with Gasteiger partial charge in [0.25, 0.3) is 0 Å². The number of rotatable bonds is 5. The number of nitrogens with one attached hydrogen (secondary N) is 1. The van der Waals surface area contributed by atoms with Gasteiger partial charge in [-0.2, -0.15) is 0 Å². The first kappa shape index (κ1) is 12.4. The zero-order valence-corrected chi connectivity index (χ0v) is 10.9. The summed E-state index contributed by atoms with van der Waals surface area (Å²) in [6.07, 6.45) is 10.1. The van der Waals surface area contributed by atoms with Crippen molar-refractivity contribution in [1.82, 2.24) is 5.32 Å². The Morgan fingerprint density at radius 1 is 1.19 bits per heavy atom. The van der Waals surface area contributed by atoms with E-state index in [1.54, 1.807) is 0 Å². The molecule has 2 saturated carbocycles. The summed E-state index contributed by atoms with van der Waals surface area (Å²) in [5.74, 6) is 0. The van der Waals surface area contributed by atoms with Crippen molar-refractivity contribution in [3.63, 3.8) is 0 Å². The fraction of sp³-hybridized carbons (Fsp3) is 1.00. The Labute approximate surface area is 100 Å². The largest absolute Gasteiger partial charge is 0.378 e. The Kier molecular flexibility index (Phi) is 4.26. The summed E-state index contributed by atoms with van der Waals surface area (Å²) in [5.41, 5.74) is 0.503.